The van der Waals surface area contributed by atoms with Crippen LogP contribution >= 0.6 is 0 Å². The van der Waals surface area contributed by atoms with Gasteiger partial charge in [-0.05, 0) is 31.0 Å². The Hall–Kier alpha value is -1.93. The van der Waals surface area contributed by atoms with Crippen LogP contribution in [0.5, 0.6) is 0 Å². The topological polar surface area (TPSA) is 39.1 Å². The van der Waals surface area contributed by atoms with E-state index in [2.05, 4.69) is 5.32 Å². The van der Waals surface area contributed by atoms with E-state index in [0.29, 0.717) is 25.2 Å². The van der Waals surface area contributed by atoms with Gasteiger partial charge in [-0.2, -0.15) is 26.3 Å². The molecule has 1 aromatic carbocycles. The minimum absolute atomic E-state index is 0.0602. The number of alkyl halides is 6. The van der Waals surface area contributed by atoms with Crippen molar-refractivity contribution in [2.75, 3.05) is 18.4 Å². The third-order valence-electron chi connectivity index (χ3n) is 3.27. The smallest absolute Gasteiger partial charge is 0.343 e. The van der Waals surface area contributed by atoms with Crippen molar-refractivity contribution >= 4 is 11.6 Å². The Bertz CT molecular complexity index is 526. The molecule has 0 unspecified atom stereocenters. The number of guanidine groups is 1. The molecule has 22 heavy (non-hydrogen) atoms. The Kier molecular flexibility index (Phi) is 4.25. The maximum Gasteiger partial charge on any atom is 0.416 e. The molecule has 1 aromatic rings. The molecule has 2 N–H and O–H groups in total. The Morgan fingerprint density at radius 3 is 1.77 bits per heavy atom. The quantitative estimate of drug-likeness (QED) is 0.462. The summed E-state index contributed by atoms with van der Waals surface area (Å²) >= 11 is 0. The van der Waals surface area contributed by atoms with Gasteiger partial charge in [0.15, 0.2) is 5.96 Å². The lowest BCUT2D eigenvalue weighted by Crippen LogP contribution is -2.33. The molecule has 9 heteroatoms. The van der Waals surface area contributed by atoms with Crippen LogP contribution in [-0.4, -0.2) is 23.9 Å². The molecule has 1 heterocycles. The Labute approximate surface area is 122 Å². The minimum atomic E-state index is -4.90. The predicted molar refractivity (Wildman–Crippen MR) is 68.6 cm³/mol. The number of rotatable bonds is 1. The zero-order valence-electron chi connectivity index (χ0n) is 11.3. The maximum absolute atomic E-state index is 12.7. The van der Waals surface area contributed by atoms with Crippen LogP contribution in [0.15, 0.2) is 18.2 Å². The number of hydrogen-bond donors (Lipinski definition) is 2. The van der Waals surface area contributed by atoms with Crippen molar-refractivity contribution in [1.29, 1.82) is 5.41 Å². The van der Waals surface area contributed by atoms with E-state index in [1.807, 2.05) is 0 Å². The van der Waals surface area contributed by atoms with E-state index in [4.69, 9.17) is 5.41 Å². The van der Waals surface area contributed by atoms with Crippen LogP contribution in [0.1, 0.15) is 24.0 Å². The summed E-state index contributed by atoms with van der Waals surface area (Å²) in [6.45, 7) is 1.11. The van der Waals surface area contributed by atoms with Gasteiger partial charge in [-0.1, -0.05) is 0 Å². The van der Waals surface area contributed by atoms with E-state index in [0.717, 1.165) is 12.8 Å². The highest BCUT2D eigenvalue weighted by Gasteiger charge is 2.37. The lowest BCUT2D eigenvalue weighted by Gasteiger charge is -2.21. The van der Waals surface area contributed by atoms with Crippen molar-refractivity contribution in [2.24, 2.45) is 0 Å². The molecule has 0 bridgehead atoms. The summed E-state index contributed by atoms with van der Waals surface area (Å²) in [5, 5.41) is 10.0. The summed E-state index contributed by atoms with van der Waals surface area (Å²) in [5.41, 5.74) is -3.21. The molecule has 0 aliphatic carbocycles. The van der Waals surface area contributed by atoms with Crippen LogP contribution in [0.3, 0.4) is 0 Å². The van der Waals surface area contributed by atoms with Gasteiger partial charge in [-0.25, -0.2) is 0 Å². The number of benzene rings is 1. The Morgan fingerprint density at radius 1 is 0.909 bits per heavy atom. The van der Waals surface area contributed by atoms with E-state index in [-0.39, 0.29) is 12.0 Å². The van der Waals surface area contributed by atoms with Crippen LogP contribution < -0.4 is 5.32 Å². The SMILES string of the molecule is N=C(Nc1cc(C(F)(F)F)cc(C(F)(F)F)c1)N1CCCC1. The number of nitrogens with one attached hydrogen (secondary N) is 2. The van der Waals surface area contributed by atoms with Crippen molar-refractivity contribution in [3.63, 3.8) is 0 Å². The normalized spacial score (nSPS) is 16.0. The lowest BCUT2D eigenvalue weighted by molar-refractivity contribution is -0.143. The fourth-order valence-corrected chi connectivity index (χ4v) is 2.18. The molecule has 0 aromatic heterocycles. The Balaban J connectivity index is 2.31. The van der Waals surface area contributed by atoms with E-state index in [1.165, 1.54) is 0 Å². The van der Waals surface area contributed by atoms with Crippen molar-refractivity contribution in [3.05, 3.63) is 29.3 Å². The second-order valence-corrected chi connectivity index (χ2v) is 4.96. The highest BCUT2D eigenvalue weighted by Crippen LogP contribution is 2.37. The molecule has 1 saturated heterocycles. The molecule has 3 nitrogen and oxygen atoms in total. The first kappa shape index (κ1) is 16.4. The van der Waals surface area contributed by atoms with Crippen molar-refractivity contribution in [2.45, 2.75) is 25.2 Å². The molecule has 1 fully saturated rings. The van der Waals surface area contributed by atoms with Gasteiger partial charge in [0.25, 0.3) is 0 Å². The van der Waals surface area contributed by atoms with Crippen molar-refractivity contribution < 1.29 is 26.3 Å². The fourth-order valence-electron chi connectivity index (χ4n) is 2.18. The Morgan fingerprint density at radius 2 is 1.36 bits per heavy atom. The monoisotopic (exact) mass is 325 g/mol. The zero-order valence-corrected chi connectivity index (χ0v) is 11.3. The molecule has 0 spiro atoms. The molecule has 0 saturated carbocycles. The zero-order chi connectivity index (χ0) is 16.5. The van der Waals surface area contributed by atoms with Gasteiger partial charge < -0.3 is 10.2 Å². The van der Waals surface area contributed by atoms with Gasteiger partial charge >= 0.3 is 12.4 Å². The summed E-state index contributed by atoms with van der Waals surface area (Å²) in [5.74, 6) is -0.204. The molecule has 0 radical (unpaired) electrons. The molecule has 0 atom stereocenters. The number of likely N-dealkylation sites (tertiary alicyclic amines) is 1. The van der Waals surface area contributed by atoms with Gasteiger partial charge in [0.2, 0.25) is 0 Å². The van der Waals surface area contributed by atoms with E-state index in [1.54, 1.807) is 4.90 Å². The van der Waals surface area contributed by atoms with Crippen molar-refractivity contribution in [3.8, 4) is 0 Å². The minimum Gasteiger partial charge on any atom is -0.343 e. The third kappa shape index (κ3) is 3.83. The molecular weight excluding hydrogens is 312 g/mol. The van der Waals surface area contributed by atoms with Crippen LogP contribution in [0.4, 0.5) is 32.0 Å². The second-order valence-electron chi connectivity index (χ2n) is 4.96. The summed E-state index contributed by atoms with van der Waals surface area (Å²) in [6.07, 6.45) is -8.12. The first-order valence-corrected chi connectivity index (χ1v) is 6.47. The summed E-state index contributed by atoms with van der Waals surface area (Å²) in [4.78, 5) is 1.56. The first-order valence-electron chi connectivity index (χ1n) is 6.47. The van der Waals surface area contributed by atoms with Gasteiger partial charge in [0.1, 0.15) is 0 Å². The summed E-state index contributed by atoms with van der Waals surface area (Å²) in [7, 11) is 0. The number of halogens is 6. The van der Waals surface area contributed by atoms with Crippen LogP contribution in [0, 0.1) is 5.41 Å². The average Bonchev–Trinajstić information content (AvgIpc) is 2.90. The molecule has 1 aliphatic heterocycles. The average molecular weight is 325 g/mol. The van der Waals surface area contributed by atoms with E-state index < -0.39 is 29.2 Å². The van der Waals surface area contributed by atoms with Crippen LogP contribution in [-0.2, 0) is 12.4 Å². The number of anilines is 1. The predicted octanol–water partition coefficient (Wildman–Crippen LogP) is 4.17. The van der Waals surface area contributed by atoms with Gasteiger partial charge in [-0.3, -0.25) is 5.41 Å². The van der Waals surface area contributed by atoms with Gasteiger partial charge in [-0.15, -0.1) is 0 Å². The highest BCUT2D eigenvalue weighted by atomic mass is 19.4. The standard InChI is InChI=1S/C13H13F6N3/c14-12(15,16)8-5-9(13(17,18)19)7-10(6-8)21-11(20)22-3-1-2-4-22/h5-7H,1-4H2,(H2,20,21). The second kappa shape index (κ2) is 5.69. The summed E-state index contributed by atoms with van der Waals surface area (Å²) < 4.78 is 76.3. The van der Waals surface area contributed by atoms with Crippen molar-refractivity contribution in [1.82, 2.24) is 4.90 Å². The molecule has 0 amide bonds. The first-order chi connectivity index (χ1) is 10.1. The fraction of sp³-hybridized carbons (Fsp3) is 0.462. The molecule has 2 rings (SSSR count). The van der Waals surface area contributed by atoms with Crippen LogP contribution in [0.25, 0.3) is 0 Å². The molecule has 1 aliphatic rings. The summed E-state index contributed by atoms with van der Waals surface area (Å²) in [6, 6.07) is 1.20. The third-order valence-corrected chi connectivity index (χ3v) is 3.27. The van der Waals surface area contributed by atoms with Crippen LogP contribution in [0.2, 0.25) is 0 Å². The van der Waals surface area contributed by atoms with E-state index >= 15 is 0 Å². The largest absolute Gasteiger partial charge is 0.416 e. The maximum atomic E-state index is 12.7. The lowest BCUT2D eigenvalue weighted by atomic mass is 10.1. The molecule has 122 valence electrons. The van der Waals surface area contributed by atoms with E-state index in [9.17, 15) is 26.3 Å². The highest BCUT2D eigenvalue weighted by molar-refractivity contribution is 5.91. The molecular formula is C13H13F6N3. The number of nitrogens with zero attached hydrogens (tertiary/aromatic N) is 1. The van der Waals surface area contributed by atoms with Gasteiger partial charge in [0, 0.05) is 18.8 Å². The number of hydrogen-bond acceptors (Lipinski definition) is 1. The van der Waals surface area contributed by atoms with Gasteiger partial charge in [0.05, 0.1) is 11.1 Å².